The second kappa shape index (κ2) is 8.08. The molecule has 1 aromatic heterocycles. The highest BCUT2D eigenvalue weighted by atomic mass is 16.5. The van der Waals surface area contributed by atoms with E-state index in [1.54, 1.807) is 12.0 Å². The lowest BCUT2D eigenvalue weighted by atomic mass is 10.1. The molecule has 1 fully saturated rings. The van der Waals surface area contributed by atoms with E-state index < -0.39 is 0 Å². The largest absolute Gasteiger partial charge is 0.496 e. The smallest absolute Gasteiger partial charge is 0.204 e. The number of benzene rings is 1. The van der Waals surface area contributed by atoms with Crippen LogP contribution >= 0.6 is 0 Å². The maximum Gasteiger partial charge on any atom is 0.204 e. The molecule has 0 aliphatic carbocycles. The van der Waals surface area contributed by atoms with Crippen LogP contribution in [0.15, 0.2) is 42.6 Å². The first kappa shape index (κ1) is 16.7. The van der Waals surface area contributed by atoms with Gasteiger partial charge in [0.1, 0.15) is 32.4 Å². The maximum absolute atomic E-state index is 5.55. The highest BCUT2D eigenvalue weighted by Gasteiger charge is 2.16. The summed E-state index contributed by atoms with van der Waals surface area (Å²) in [5, 5.41) is 0. The zero-order chi connectivity index (χ0) is 16.8. The molecule has 24 heavy (non-hydrogen) atoms. The van der Waals surface area contributed by atoms with Crippen molar-refractivity contribution in [2.24, 2.45) is 7.05 Å². The van der Waals surface area contributed by atoms with Crippen molar-refractivity contribution < 1.29 is 18.9 Å². The molecule has 4 heteroatoms. The molecule has 0 radical (unpaired) electrons. The lowest BCUT2D eigenvalue weighted by Crippen LogP contribution is -3.12. The van der Waals surface area contributed by atoms with Gasteiger partial charge in [-0.15, -0.1) is 0 Å². The van der Waals surface area contributed by atoms with Gasteiger partial charge < -0.3 is 14.4 Å². The van der Waals surface area contributed by atoms with E-state index in [-0.39, 0.29) is 0 Å². The second-order valence-electron chi connectivity index (χ2n) is 6.18. The summed E-state index contributed by atoms with van der Waals surface area (Å²) in [4.78, 5) is 1.55. The van der Waals surface area contributed by atoms with Crippen molar-refractivity contribution in [3.05, 3.63) is 59.4 Å². The number of quaternary nitrogens is 1. The molecule has 126 valence electrons. The topological polar surface area (TPSA) is 26.8 Å². The summed E-state index contributed by atoms with van der Waals surface area (Å²) in [6.45, 7) is 4.79. The van der Waals surface area contributed by atoms with E-state index >= 15 is 0 Å². The average molecular weight is 326 g/mol. The van der Waals surface area contributed by atoms with Gasteiger partial charge in [0.15, 0.2) is 6.20 Å². The van der Waals surface area contributed by atoms with E-state index in [0.717, 1.165) is 38.6 Å². The number of hydrogen-bond acceptors (Lipinski definition) is 2. The number of rotatable bonds is 5. The molecule has 0 amide bonds. The van der Waals surface area contributed by atoms with Crippen molar-refractivity contribution in [2.75, 3.05) is 33.4 Å². The minimum Gasteiger partial charge on any atom is -0.496 e. The summed E-state index contributed by atoms with van der Waals surface area (Å²) < 4.78 is 13.1. The summed E-state index contributed by atoms with van der Waals surface area (Å²) in [5.74, 6) is 0.969. The molecule has 3 rings (SSSR count). The quantitative estimate of drug-likeness (QED) is 0.833. The number of ether oxygens (including phenoxy) is 2. The molecule has 0 bridgehead atoms. The Hall–Kier alpha value is -2.17. The summed E-state index contributed by atoms with van der Waals surface area (Å²) >= 11 is 0. The fourth-order valence-electron chi connectivity index (χ4n) is 3.04. The van der Waals surface area contributed by atoms with Crippen molar-refractivity contribution in [1.29, 1.82) is 0 Å². The van der Waals surface area contributed by atoms with Gasteiger partial charge in [-0.3, -0.25) is 0 Å². The van der Waals surface area contributed by atoms with Crippen molar-refractivity contribution in [2.45, 2.75) is 6.54 Å². The van der Waals surface area contributed by atoms with E-state index in [1.807, 2.05) is 6.07 Å². The van der Waals surface area contributed by atoms with Crippen LogP contribution in [0.3, 0.4) is 0 Å². The summed E-state index contributed by atoms with van der Waals surface area (Å²) in [7, 11) is 3.80. The van der Waals surface area contributed by atoms with Gasteiger partial charge in [0.05, 0.1) is 20.3 Å². The Kier molecular flexibility index (Phi) is 5.62. The number of methoxy groups -OCH3 is 1. The molecule has 1 aliphatic heterocycles. The predicted octanol–water partition coefficient (Wildman–Crippen LogP) is 1.11. The molecule has 4 nitrogen and oxygen atoms in total. The van der Waals surface area contributed by atoms with Crippen LogP contribution in [0.5, 0.6) is 5.75 Å². The zero-order valence-electron chi connectivity index (χ0n) is 14.5. The van der Waals surface area contributed by atoms with Crippen LogP contribution in [0, 0.1) is 0 Å². The molecule has 0 spiro atoms. The zero-order valence-corrected chi connectivity index (χ0v) is 14.5. The first-order chi connectivity index (χ1) is 11.8. The van der Waals surface area contributed by atoms with Crippen molar-refractivity contribution >= 4 is 12.2 Å². The minimum absolute atomic E-state index is 0.849. The Morgan fingerprint density at radius 2 is 2.00 bits per heavy atom. The molecule has 1 N–H and O–H groups in total. The average Bonchev–Trinajstić information content (AvgIpc) is 2.62. The third kappa shape index (κ3) is 4.22. The third-order valence-corrected chi connectivity index (χ3v) is 4.49. The Labute approximate surface area is 143 Å². The summed E-state index contributed by atoms with van der Waals surface area (Å²) in [6, 6.07) is 12.6. The van der Waals surface area contributed by atoms with E-state index in [2.05, 4.69) is 60.3 Å². The van der Waals surface area contributed by atoms with Gasteiger partial charge in [0.2, 0.25) is 5.69 Å². The molecule has 1 saturated heterocycles. The van der Waals surface area contributed by atoms with Gasteiger partial charge in [-0.1, -0.05) is 6.07 Å². The molecule has 0 atom stereocenters. The van der Waals surface area contributed by atoms with Crippen LogP contribution in [0.4, 0.5) is 0 Å². The van der Waals surface area contributed by atoms with Crippen LogP contribution in [0.25, 0.3) is 12.2 Å². The molecule has 2 aromatic rings. The number of aryl methyl sites for hydroxylation is 1. The van der Waals surface area contributed by atoms with Gasteiger partial charge >= 0.3 is 0 Å². The number of hydrogen-bond donors (Lipinski definition) is 1. The lowest BCUT2D eigenvalue weighted by molar-refractivity contribution is -0.921. The monoisotopic (exact) mass is 326 g/mol. The van der Waals surface area contributed by atoms with Crippen molar-refractivity contribution in [3.63, 3.8) is 0 Å². The molecule has 0 unspecified atom stereocenters. The Balaban J connectivity index is 1.79. The Morgan fingerprint density at radius 3 is 2.75 bits per heavy atom. The number of morpholine rings is 1. The SMILES string of the molecule is COc1ccc(/C=C/c2cccc[n+]2C)cc1C[NH+]1CCOCC1. The maximum atomic E-state index is 5.55. The molecular weight excluding hydrogens is 300 g/mol. The number of nitrogens with one attached hydrogen (secondary N) is 1. The molecule has 0 saturated carbocycles. The molecule has 2 heterocycles. The van der Waals surface area contributed by atoms with E-state index in [1.165, 1.54) is 16.8 Å². The highest BCUT2D eigenvalue weighted by Crippen LogP contribution is 2.20. The second-order valence-corrected chi connectivity index (χ2v) is 6.18. The van der Waals surface area contributed by atoms with E-state index in [0.29, 0.717) is 0 Å². The van der Waals surface area contributed by atoms with Crippen molar-refractivity contribution in [1.82, 2.24) is 0 Å². The lowest BCUT2D eigenvalue weighted by Gasteiger charge is -2.24. The summed E-state index contributed by atoms with van der Waals surface area (Å²) in [5.41, 5.74) is 3.63. The van der Waals surface area contributed by atoms with Crippen LogP contribution < -0.4 is 14.2 Å². The number of nitrogens with zero attached hydrogens (tertiary/aromatic N) is 1. The predicted molar refractivity (Wildman–Crippen MR) is 94.8 cm³/mol. The van der Waals surface area contributed by atoms with E-state index in [9.17, 15) is 0 Å². The number of pyridine rings is 1. The standard InChI is InChI=1S/C20H25N2O2/c1-21-10-4-3-5-19(21)8-6-17-7-9-20(23-2)18(15-17)16-22-11-13-24-14-12-22/h3-10,15H,11-14,16H2,1-2H3/q+1/p+1/b8-6+. The first-order valence-corrected chi connectivity index (χ1v) is 8.47. The summed E-state index contributed by atoms with van der Waals surface area (Å²) in [6.07, 6.45) is 6.36. The van der Waals surface area contributed by atoms with Crippen LogP contribution in [-0.2, 0) is 18.3 Å². The normalized spacial score (nSPS) is 15.8. The fourth-order valence-corrected chi connectivity index (χ4v) is 3.04. The molecule has 1 aliphatic rings. The van der Waals surface area contributed by atoms with Crippen LogP contribution in [0.2, 0.25) is 0 Å². The first-order valence-electron chi connectivity index (χ1n) is 8.47. The minimum atomic E-state index is 0.849. The van der Waals surface area contributed by atoms with Gasteiger partial charge in [-0.25, -0.2) is 4.57 Å². The third-order valence-electron chi connectivity index (χ3n) is 4.49. The Bertz CT molecular complexity index is 707. The van der Waals surface area contributed by atoms with E-state index in [4.69, 9.17) is 9.47 Å². The van der Waals surface area contributed by atoms with Crippen LogP contribution in [0.1, 0.15) is 16.8 Å². The number of aromatic nitrogens is 1. The van der Waals surface area contributed by atoms with Gasteiger partial charge in [-0.2, -0.15) is 0 Å². The highest BCUT2D eigenvalue weighted by molar-refractivity contribution is 5.67. The fraction of sp³-hybridized carbons (Fsp3) is 0.350. The van der Waals surface area contributed by atoms with Crippen molar-refractivity contribution in [3.8, 4) is 5.75 Å². The Morgan fingerprint density at radius 1 is 1.17 bits per heavy atom. The van der Waals surface area contributed by atoms with Gasteiger partial charge in [0, 0.05) is 23.8 Å². The van der Waals surface area contributed by atoms with Gasteiger partial charge in [-0.05, 0) is 29.8 Å². The molecular formula is C20H26N2O2+2. The molecule has 1 aromatic carbocycles. The van der Waals surface area contributed by atoms with Gasteiger partial charge in [0.25, 0.3) is 0 Å². The van der Waals surface area contributed by atoms with Crippen LogP contribution in [-0.4, -0.2) is 33.4 Å².